The molecule has 3 rings (SSSR count). The van der Waals surface area contributed by atoms with Crippen molar-refractivity contribution in [2.75, 3.05) is 11.6 Å². The van der Waals surface area contributed by atoms with Crippen LogP contribution in [-0.2, 0) is 26.0 Å². The number of hydrogen-bond acceptors (Lipinski definition) is 6. The van der Waals surface area contributed by atoms with E-state index in [1.165, 1.54) is 6.07 Å². The molecule has 8 nitrogen and oxygen atoms in total. The van der Waals surface area contributed by atoms with Crippen molar-refractivity contribution < 1.29 is 23.1 Å². The molecular formula is C23H31N3O5S. The normalized spacial score (nSPS) is 18.0. The minimum Gasteiger partial charge on any atom is -0.389 e. The van der Waals surface area contributed by atoms with Crippen LogP contribution in [0.5, 0.6) is 0 Å². The monoisotopic (exact) mass is 461 g/mol. The van der Waals surface area contributed by atoms with E-state index >= 15 is 0 Å². The summed E-state index contributed by atoms with van der Waals surface area (Å²) in [5.74, 6) is -0.109. The summed E-state index contributed by atoms with van der Waals surface area (Å²) < 4.78 is 25.5. The van der Waals surface area contributed by atoms with Crippen LogP contribution in [0.2, 0.25) is 0 Å². The van der Waals surface area contributed by atoms with Gasteiger partial charge in [-0.15, -0.1) is 0 Å². The minimum atomic E-state index is -3.37. The number of benzene rings is 1. The zero-order chi connectivity index (χ0) is 23.7. The third-order valence-corrected chi connectivity index (χ3v) is 6.93. The number of aromatic nitrogens is 2. The van der Waals surface area contributed by atoms with Gasteiger partial charge in [0.25, 0.3) is 0 Å². The first kappa shape index (κ1) is 24.1. The van der Waals surface area contributed by atoms with Crippen LogP contribution in [0.15, 0.2) is 35.4 Å². The Hall–Kier alpha value is -2.52. The van der Waals surface area contributed by atoms with Gasteiger partial charge in [0.15, 0.2) is 15.7 Å². The van der Waals surface area contributed by atoms with Crippen LogP contribution in [0, 0.1) is 12.8 Å². The number of nitrogens with one attached hydrogen (secondary N) is 1. The van der Waals surface area contributed by atoms with Crippen molar-refractivity contribution >= 4 is 27.3 Å². The lowest BCUT2D eigenvalue weighted by molar-refractivity contribution is -0.119. The lowest BCUT2D eigenvalue weighted by atomic mass is 9.86. The molecule has 1 amide bonds. The fraction of sp³-hybridized carbons (Fsp3) is 0.522. The lowest BCUT2D eigenvalue weighted by Gasteiger charge is -2.21. The Morgan fingerprint density at radius 3 is 2.62 bits per heavy atom. The van der Waals surface area contributed by atoms with Gasteiger partial charge in [0.2, 0.25) is 5.91 Å². The number of aliphatic hydroxyl groups is 1. The molecule has 2 N–H and O–H groups in total. The Kier molecular flexibility index (Phi) is 6.90. The maximum Gasteiger partial charge on any atom is 0.233 e. The number of aryl methyl sites for hydroxylation is 1. The topological polar surface area (TPSA) is 118 Å². The predicted octanol–water partition coefficient (Wildman–Crippen LogP) is 2.85. The summed E-state index contributed by atoms with van der Waals surface area (Å²) in [6.07, 6.45) is 5.09. The smallest absolute Gasteiger partial charge is 0.233 e. The van der Waals surface area contributed by atoms with Gasteiger partial charge in [-0.1, -0.05) is 12.1 Å². The van der Waals surface area contributed by atoms with Crippen LogP contribution in [0.3, 0.4) is 0 Å². The summed E-state index contributed by atoms with van der Waals surface area (Å²) in [6.45, 7) is 5.34. The molecule has 0 bridgehead atoms. The van der Waals surface area contributed by atoms with E-state index in [4.69, 9.17) is 0 Å². The molecule has 2 atom stereocenters. The van der Waals surface area contributed by atoms with E-state index in [0.717, 1.165) is 12.7 Å². The first-order valence-electron chi connectivity index (χ1n) is 10.7. The molecule has 1 fully saturated rings. The number of sulfone groups is 1. The molecule has 0 aliphatic heterocycles. The molecule has 0 radical (unpaired) electrons. The molecule has 0 spiro atoms. The average molecular weight is 462 g/mol. The van der Waals surface area contributed by atoms with Crippen molar-refractivity contribution in [3.63, 3.8) is 0 Å². The zero-order valence-corrected chi connectivity index (χ0v) is 19.8. The lowest BCUT2D eigenvalue weighted by Crippen LogP contribution is -2.27. The van der Waals surface area contributed by atoms with Crippen LogP contribution in [-0.4, -0.2) is 46.9 Å². The summed E-state index contributed by atoms with van der Waals surface area (Å²) in [5, 5.41) is 17.1. The molecule has 174 valence electrons. The second kappa shape index (κ2) is 9.15. The molecule has 9 heteroatoms. The number of carbonyl (C=O) groups excluding carboxylic acids is 2. The number of ketones is 1. The van der Waals surface area contributed by atoms with Crippen molar-refractivity contribution in [2.45, 2.75) is 69.4 Å². The summed E-state index contributed by atoms with van der Waals surface area (Å²) >= 11 is 0. The quantitative estimate of drug-likeness (QED) is 0.624. The van der Waals surface area contributed by atoms with Gasteiger partial charge in [0.1, 0.15) is 5.78 Å². The molecule has 0 saturated heterocycles. The highest BCUT2D eigenvalue weighted by molar-refractivity contribution is 7.90. The van der Waals surface area contributed by atoms with Gasteiger partial charge >= 0.3 is 0 Å². The highest BCUT2D eigenvalue weighted by Crippen LogP contribution is 2.34. The second-order valence-electron chi connectivity index (χ2n) is 9.43. The van der Waals surface area contributed by atoms with Crippen molar-refractivity contribution in [1.82, 2.24) is 9.78 Å². The Balaban J connectivity index is 1.85. The van der Waals surface area contributed by atoms with Crippen LogP contribution >= 0.6 is 0 Å². The van der Waals surface area contributed by atoms with Gasteiger partial charge in [0, 0.05) is 31.4 Å². The Morgan fingerprint density at radius 2 is 2.06 bits per heavy atom. The van der Waals surface area contributed by atoms with E-state index in [2.05, 4.69) is 10.4 Å². The molecule has 1 heterocycles. The fourth-order valence-corrected chi connectivity index (χ4v) is 5.21. The standard InChI is InChI=1S/C23H31N3O5S/c1-15-11-17(6-8-20(15)32(4,30)31)19(13-16-5-7-18(27)12-16)22(28)24-21-9-10-26(25-21)14-23(2,3)29/h6,8-11,16,19,29H,5,7,12-14H2,1-4H3,(H,24,25,28)/t16-,19?/m0/s1. The molecular weight excluding hydrogens is 430 g/mol. The number of anilines is 1. The number of Topliss-reactive ketones (excluding diaryl/α,β-unsaturated/α-hetero) is 1. The number of nitrogens with zero attached hydrogens (tertiary/aromatic N) is 2. The third-order valence-electron chi connectivity index (χ3n) is 5.67. The van der Waals surface area contributed by atoms with Crippen molar-refractivity contribution in [2.24, 2.45) is 5.92 Å². The molecule has 1 aliphatic rings. The highest BCUT2D eigenvalue weighted by Gasteiger charge is 2.30. The molecule has 32 heavy (non-hydrogen) atoms. The molecule has 1 aliphatic carbocycles. The van der Waals surface area contributed by atoms with Crippen molar-refractivity contribution in [3.05, 3.63) is 41.6 Å². The van der Waals surface area contributed by atoms with Crippen molar-refractivity contribution in [1.29, 1.82) is 0 Å². The van der Waals surface area contributed by atoms with Crippen LogP contribution in [0.25, 0.3) is 0 Å². The van der Waals surface area contributed by atoms with Gasteiger partial charge in [-0.25, -0.2) is 8.42 Å². The summed E-state index contributed by atoms with van der Waals surface area (Å²) in [7, 11) is -3.37. The van der Waals surface area contributed by atoms with Gasteiger partial charge < -0.3 is 10.4 Å². The van der Waals surface area contributed by atoms with Crippen LogP contribution in [0.4, 0.5) is 5.82 Å². The Morgan fingerprint density at radius 1 is 1.34 bits per heavy atom. The minimum absolute atomic E-state index is 0.112. The van der Waals surface area contributed by atoms with E-state index in [1.807, 2.05) is 0 Å². The Bertz CT molecular complexity index is 1110. The maximum atomic E-state index is 13.3. The predicted molar refractivity (Wildman–Crippen MR) is 121 cm³/mol. The maximum absolute atomic E-state index is 13.3. The molecule has 1 saturated carbocycles. The largest absolute Gasteiger partial charge is 0.389 e. The van der Waals surface area contributed by atoms with Crippen LogP contribution < -0.4 is 5.32 Å². The first-order valence-corrected chi connectivity index (χ1v) is 12.6. The van der Waals surface area contributed by atoms with E-state index in [0.29, 0.717) is 36.2 Å². The summed E-state index contributed by atoms with van der Waals surface area (Å²) in [6, 6.07) is 6.62. The Labute approximate surface area is 188 Å². The van der Waals surface area contributed by atoms with E-state index in [9.17, 15) is 23.1 Å². The molecule has 1 unspecified atom stereocenters. The van der Waals surface area contributed by atoms with E-state index in [1.54, 1.807) is 49.8 Å². The SMILES string of the molecule is Cc1cc(C(C[C@H]2CCC(=O)C2)C(=O)Nc2ccn(CC(C)(C)O)n2)ccc1S(C)(=O)=O. The summed E-state index contributed by atoms with van der Waals surface area (Å²) in [4.78, 5) is 25.3. The molecule has 1 aromatic heterocycles. The zero-order valence-electron chi connectivity index (χ0n) is 19.0. The number of hydrogen-bond donors (Lipinski definition) is 2. The number of rotatable bonds is 8. The highest BCUT2D eigenvalue weighted by atomic mass is 32.2. The van der Waals surface area contributed by atoms with Gasteiger partial charge in [-0.2, -0.15) is 5.10 Å². The summed E-state index contributed by atoms with van der Waals surface area (Å²) in [5.41, 5.74) is 0.353. The molecule has 1 aromatic carbocycles. The molecule has 2 aromatic rings. The third kappa shape index (κ3) is 6.26. The van der Waals surface area contributed by atoms with Gasteiger partial charge in [-0.05, 0) is 56.7 Å². The van der Waals surface area contributed by atoms with Gasteiger partial charge in [-0.3, -0.25) is 14.3 Å². The van der Waals surface area contributed by atoms with Gasteiger partial charge in [0.05, 0.1) is 23.0 Å². The second-order valence-corrected chi connectivity index (χ2v) is 11.4. The number of amides is 1. The first-order chi connectivity index (χ1) is 14.8. The van der Waals surface area contributed by atoms with Crippen LogP contribution in [0.1, 0.15) is 56.6 Å². The average Bonchev–Trinajstić information content (AvgIpc) is 3.25. The number of carbonyl (C=O) groups is 2. The fourth-order valence-electron chi connectivity index (χ4n) is 4.25. The van der Waals surface area contributed by atoms with E-state index in [-0.39, 0.29) is 29.0 Å². The van der Waals surface area contributed by atoms with E-state index < -0.39 is 21.4 Å². The van der Waals surface area contributed by atoms with Crippen molar-refractivity contribution in [3.8, 4) is 0 Å².